The van der Waals surface area contributed by atoms with Gasteiger partial charge in [0.15, 0.2) is 17.1 Å². The molecule has 0 bridgehead atoms. The highest BCUT2D eigenvalue weighted by Crippen LogP contribution is 2.20. The Balaban J connectivity index is 2.37. The van der Waals surface area contributed by atoms with E-state index >= 15 is 0 Å². The third-order valence-electron chi connectivity index (χ3n) is 2.81. The van der Waals surface area contributed by atoms with Crippen molar-refractivity contribution in [2.24, 2.45) is 5.73 Å². The summed E-state index contributed by atoms with van der Waals surface area (Å²) in [6.45, 7) is 0.867. The first-order valence-electron chi connectivity index (χ1n) is 6.82. The van der Waals surface area contributed by atoms with Crippen LogP contribution in [0.2, 0.25) is 0 Å². The maximum Gasteiger partial charge on any atom is 0.271 e. The standard InChI is InChI=1S/C16H16N4O3/c1-23-10-9-18-16-19-12(14(21)13(20-16)15(17)22)8-7-11-5-3-2-4-6-11/h2-6,21H,9-10H2,1H3,(H2,17,22)(H,18,19,20). The highest BCUT2D eigenvalue weighted by Gasteiger charge is 2.16. The van der Waals surface area contributed by atoms with Crippen molar-refractivity contribution < 1.29 is 14.6 Å². The Labute approximate surface area is 133 Å². The number of aromatic nitrogens is 2. The van der Waals surface area contributed by atoms with E-state index in [2.05, 4.69) is 27.1 Å². The molecule has 0 aliphatic carbocycles. The van der Waals surface area contributed by atoms with Crippen molar-refractivity contribution in [1.29, 1.82) is 0 Å². The zero-order chi connectivity index (χ0) is 16.7. The number of benzene rings is 1. The summed E-state index contributed by atoms with van der Waals surface area (Å²) in [6.07, 6.45) is 0. The van der Waals surface area contributed by atoms with Crippen LogP contribution in [-0.4, -0.2) is 41.2 Å². The molecule has 0 saturated heterocycles. The van der Waals surface area contributed by atoms with Gasteiger partial charge in [0.2, 0.25) is 5.95 Å². The number of nitrogens with zero attached hydrogens (tertiary/aromatic N) is 2. The Bertz CT molecular complexity index is 751. The number of nitrogens with one attached hydrogen (secondary N) is 1. The van der Waals surface area contributed by atoms with E-state index in [1.165, 1.54) is 0 Å². The van der Waals surface area contributed by atoms with Crippen molar-refractivity contribution in [3.05, 3.63) is 47.3 Å². The Morgan fingerprint density at radius 1 is 1.30 bits per heavy atom. The third-order valence-corrected chi connectivity index (χ3v) is 2.81. The number of carbonyl (C=O) groups is 1. The van der Waals surface area contributed by atoms with Crippen LogP contribution in [0.5, 0.6) is 5.75 Å². The van der Waals surface area contributed by atoms with E-state index in [9.17, 15) is 9.90 Å². The second-order valence-corrected chi connectivity index (χ2v) is 4.49. The van der Waals surface area contributed by atoms with Gasteiger partial charge in [0, 0.05) is 19.2 Å². The number of primary amides is 1. The molecule has 1 aromatic carbocycles. The summed E-state index contributed by atoms with van der Waals surface area (Å²) in [4.78, 5) is 19.4. The van der Waals surface area contributed by atoms with Gasteiger partial charge in [-0.15, -0.1) is 0 Å². The summed E-state index contributed by atoms with van der Waals surface area (Å²) < 4.78 is 4.91. The van der Waals surface area contributed by atoms with E-state index in [-0.39, 0.29) is 17.3 Å². The quantitative estimate of drug-likeness (QED) is 0.555. The fraction of sp³-hybridized carbons (Fsp3) is 0.188. The molecule has 7 nitrogen and oxygen atoms in total. The second kappa shape index (κ2) is 7.77. The topological polar surface area (TPSA) is 110 Å². The minimum Gasteiger partial charge on any atom is -0.503 e. The van der Waals surface area contributed by atoms with E-state index < -0.39 is 11.7 Å². The average Bonchev–Trinajstić information content (AvgIpc) is 2.55. The SMILES string of the molecule is COCCNc1nc(C#Cc2ccccc2)c(O)c(C(N)=O)n1. The Morgan fingerprint density at radius 2 is 2.04 bits per heavy atom. The van der Waals surface area contributed by atoms with E-state index in [0.29, 0.717) is 13.2 Å². The van der Waals surface area contributed by atoms with Crippen molar-refractivity contribution in [3.8, 4) is 17.6 Å². The smallest absolute Gasteiger partial charge is 0.271 e. The number of methoxy groups -OCH3 is 1. The molecule has 2 aromatic rings. The summed E-state index contributed by atoms with van der Waals surface area (Å²) in [7, 11) is 1.56. The molecule has 1 amide bonds. The van der Waals surface area contributed by atoms with Gasteiger partial charge < -0.3 is 20.9 Å². The minimum absolute atomic E-state index is 0.0255. The van der Waals surface area contributed by atoms with E-state index in [4.69, 9.17) is 10.5 Å². The molecule has 0 spiro atoms. The molecule has 0 saturated carbocycles. The number of nitrogens with two attached hydrogens (primary N) is 1. The molecule has 0 atom stereocenters. The van der Waals surface area contributed by atoms with Gasteiger partial charge >= 0.3 is 0 Å². The number of anilines is 1. The van der Waals surface area contributed by atoms with Crippen molar-refractivity contribution in [2.45, 2.75) is 0 Å². The molecule has 0 fully saturated rings. The molecule has 0 aliphatic rings. The summed E-state index contributed by atoms with van der Waals surface area (Å²) in [6, 6.07) is 9.19. The van der Waals surface area contributed by atoms with Crippen molar-refractivity contribution in [2.75, 3.05) is 25.6 Å². The lowest BCUT2D eigenvalue weighted by molar-refractivity contribution is 0.0992. The van der Waals surface area contributed by atoms with Crippen LogP contribution in [-0.2, 0) is 4.74 Å². The van der Waals surface area contributed by atoms with Crippen LogP contribution in [0.4, 0.5) is 5.95 Å². The lowest BCUT2D eigenvalue weighted by Gasteiger charge is -2.07. The molecule has 0 unspecified atom stereocenters. The molecule has 1 heterocycles. The first-order chi connectivity index (χ1) is 11.1. The molecule has 2 rings (SSSR count). The van der Waals surface area contributed by atoms with Crippen LogP contribution in [0.3, 0.4) is 0 Å². The Morgan fingerprint density at radius 3 is 2.70 bits per heavy atom. The van der Waals surface area contributed by atoms with Crippen molar-refractivity contribution in [3.63, 3.8) is 0 Å². The lowest BCUT2D eigenvalue weighted by Crippen LogP contribution is -2.17. The van der Waals surface area contributed by atoms with Gasteiger partial charge in [0.25, 0.3) is 5.91 Å². The number of amides is 1. The molecular formula is C16H16N4O3. The second-order valence-electron chi connectivity index (χ2n) is 4.49. The van der Waals surface area contributed by atoms with Crippen molar-refractivity contribution in [1.82, 2.24) is 9.97 Å². The highest BCUT2D eigenvalue weighted by molar-refractivity contribution is 5.94. The van der Waals surface area contributed by atoms with Crippen LogP contribution in [0.25, 0.3) is 0 Å². The molecule has 118 valence electrons. The number of rotatable bonds is 5. The van der Waals surface area contributed by atoms with Gasteiger partial charge in [-0.2, -0.15) is 0 Å². The van der Waals surface area contributed by atoms with E-state index in [0.717, 1.165) is 5.56 Å². The number of aromatic hydroxyl groups is 1. The molecule has 0 radical (unpaired) electrons. The van der Waals surface area contributed by atoms with E-state index in [1.54, 1.807) is 7.11 Å². The highest BCUT2D eigenvalue weighted by atomic mass is 16.5. The van der Waals surface area contributed by atoms with Gasteiger partial charge in [-0.25, -0.2) is 9.97 Å². The number of ether oxygens (including phenoxy) is 1. The molecule has 4 N–H and O–H groups in total. The summed E-state index contributed by atoms with van der Waals surface area (Å²) in [5.74, 6) is 4.44. The Kier molecular flexibility index (Phi) is 5.50. The van der Waals surface area contributed by atoms with Gasteiger partial charge in [-0.1, -0.05) is 24.1 Å². The molecule has 23 heavy (non-hydrogen) atoms. The first kappa shape index (κ1) is 16.3. The zero-order valence-corrected chi connectivity index (χ0v) is 12.5. The third kappa shape index (κ3) is 4.43. The summed E-state index contributed by atoms with van der Waals surface area (Å²) >= 11 is 0. The number of carbonyl (C=O) groups excluding carboxylic acids is 1. The monoisotopic (exact) mass is 312 g/mol. The zero-order valence-electron chi connectivity index (χ0n) is 12.5. The van der Waals surface area contributed by atoms with Crippen molar-refractivity contribution >= 4 is 11.9 Å². The maximum absolute atomic E-state index is 11.4. The van der Waals surface area contributed by atoms with Crippen LogP contribution >= 0.6 is 0 Å². The van der Waals surface area contributed by atoms with Gasteiger partial charge in [-0.3, -0.25) is 4.79 Å². The molecule has 7 heteroatoms. The fourth-order valence-electron chi connectivity index (χ4n) is 1.71. The predicted molar refractivity (Wildman–Crippen MR) is 85.0 cm³/mol. The van der Waals surface area contributed by atoms with Crippen LogP contribution < -0.4 is 11.1 Å². The molecule has 1 aromatic heterocycles. The van der Waals surface area contributed by atoms with Gasteiger partial charge in [0.05, 0.1) is 6.61 Å². The summed E-state index contributed by atoms with van der Waals surface area (Å²) in [5, 5.41) is 12.9. The van der Waals surface area contributed by atoms with E-state index in [1.807, 2.05) is 30.3 Å². The Hall–Kier alpha value is -3.11. The van der Waals surface area contributed by atoms with Crippen LogP contribution in [0.1, 0.15) is 21.7 Å². The maximum atomic E-state index is 11.4. The first-order valence-corrected chi connectivity index (χ1v) is 6.82. The lowest BCUT2D eigenvalue weighted by atomic mass is 10.2. The average molecular weight is 312 g/mol. The van der Waals surface area contributed by atoms with Crippen LogP contribution in [0, 0.1) is 11.8 Å². The normalized spacial score (nSPS) is 9.78. The molecular weight excluding hydrogens is 296 g/mol. The predicted octanol–water partition coefficient (Wildman–Crippen LogP) is 0.739. The molecule has 0 aliphatic heterocycles. The number of hydrogen-bond donors (Lipinski definition) is 3. The minimum atomic E-state index is -0.859. The summed E-state index contributed by atoms with van der Waals surface area (Å²) in [5.41, 5.74) is 5.72. The number of hydrogen-bond acceptors (Lipinski definition) is 6. The van der Waals surface area contributed by atoms with Gasteiger partial charge in [-0.05, 0) is 18.1 Å². The van der Waals surface area contributed by atoms with Crippen LogP contribution in [0.15, 0.2) is 30.3 Å². The van der Waals surface area contributed by atoms with Gasteiger partial charge in [0.1, 0.15) is 0 Å². The largest absolute Gasteiger partial charge is 0.503 e. The fourth-order valence-corrected chi connectivity index (χ4v) is 1.71.